The number of hydrogen-bond acceptors (Lipinski definition) is 4. The van der Waals surface area contributed by atoms with Crippen molar-refractivity contribution in [2.45, 2.75) is 20.3 Å². The van der Waals surface area contributed by atoms with E-state index >= 15 is 0 Å². The van der Waals surface area contributed by atoms with Crippen LogP contribution in [0.25, 0.3) is 0 Å². The van der Waals surface area contributed by atoms with Crippen molar-refractivity contribution in [3.05, 3.63) is 29.8 Å². The lowest BCUT2D eigenvalue weighted by Gasteiger charge is -2.34. The predicted molar refractivity (Wildman–Crippen MR) is 89.5 cm³/mol. The third-order valence-corrected chi connectivity index (χ3v) is 3.91. The number of amides is 3. The molecule has 3 N–H and O–H groups in total. The number of rotatable bonds is 4. The molecule has 1 fully saturated rings. The number of primary amides is 1. The number of anilines is 1. The summed E-state index contributed by atoms with van der Waals surface area (Å²) in [6.45, 7) is 5.32. The zero-order valence-corrected chi connectivity index (χ0v) is 14.0. The summed E-state index contributed by atoms with van der Waals surface area (Å²) in [6, 6.07) is 5.47. The molecule has 3 amide bonds. The summed E-state index contributed by atoms with van der Waals surface area (Å²) in [6.07, 6.45) is 1.10. The van der Waals surface area contributed by atoms with Gasteiger partial charge in [-0.25, -0.2) is 9.59 Å². The monoisotopic (exact) mass is 333 g/mol. The number of urea groups is 1. The molecular formula is C17H23N3O4. The molecule has 2 atom stereocenters. The number of hydrogen-bond donors (Lipinski definition) is 2. The SMILES string of the molecule is C[C@@H]1C[C@H](C)CN(C(=O)COC(=O)c2cccc(NC(N)=O)c2)C1. The van der Waals surface area contributed by atoms with Gasteiger partial charge in [-0.3, -0.25) is 4.79 Å². The fraction of sp³-hybridized carbons (Fsp3) is 0.471. The summed E-state index contributed by atoms with van der Waals surface area (Å²) in [5.41, 5.74) is 5.67. The Bertz CT molecular complexity index is 622. The third-order valence-electron chi connectivity index (χ3n) is 3.91. The van der Waals surface area contributed by atoms with E-state index in [1.807, 2.05) is 0 Å². The quantitative estimate of drug-likeness (QED) is 0.821. The van der Waals surface area contributed by atoms with Crippen molar-refractivity contribution in [1.82, 2.24) is 4.90 Å². The molecule has 0 radical (unpaired) electrons. The molecule has 1 aromatic rings. The molecule has 1 aromatic carbocycles. The first-order valence-electron chi connectivity index (χ1n) is 7.96. The Morgan fingerprint density at radius 1 is 1.25 bits per heavy atom. The van der Waals surface area contributed by atoms with Gasteiger partial charge in [0.1, 0.15) is 0 Å². The molecular weight excluding hydrogens is 310 g/mol. The van der Waals surface area contributed by atoms with Gasteiger partial charge in [0, 0.05) is 18.8 Å². The van der Waals surface area contributed by atoms with E-state index in [1.54, 1.807) is 23.1 Å². The van der Waals surface area contributed by atoms with Crippen molar-refractivity contribution < 1.29 is 19.1 Å². The maximum absolute atomic E-state index is 12.2. The summed E-state index contributed by atoms with van der Waals surface area (Å²) in [4.78, 5) is 36.9. The lowest BCUT2D eigenvalue weighted by Crippen LogP contribution is -2.44. The minimum atomic E-state index is -0.718. The summed E-state index contributed by atoms with van der Waals surface area (Å²) in [5, 5.41) is 2.38. The van der Waals surface area contributed by atoms with Gasteiger partial charge in [0.15, 0.2) is 6.61 Å². The zero-order chi connectivity index (χ0) is 17.7. The second-order valence-corrected chi connectivity index (χ2v) is 6.39. The number of ether oxygens (including phenoxy) is 1. The van der Waals surface area contributed by atoms with Gasteiger partial charge in [0.25, 0.3) is 5.91 Å². The number of piperidine rings is 1. The van der Waals surface area contributed by atoms with Crippen molar-refractivity contribution in [3.63, 3.8) is 0 Å². The van der Waals surface area contributed by atoms with Gasteiger partial charge in [-0.2, -0.15) is 0 Å². The number of nitrogens with zero attached hydrogens (tertiary/aromatic N) is 1. The fourth-order valence-electron chi connectivity index (χ4n) is 3.03. The Labute approximate surface area is 141 Å². The minimum Gasteiger partial charge on any atom is -0.452 e. The van der Waals surface area contributed by atoms with Gasteiger partial charge in [-0.1, -0.05) is 19.9 Å². The molecule has 1 aliphatic rings. The van der Waals surface area contributed by atoms with Gasteiger partial charge < -0.3 is 20.7 Å². The van der Waals surface area contributed by atoms with E-state index in [4.69, 9.17) is 10.5 Å². The van der Waals surface area contributed by atoms with Crippen LogP contribution < -0.4 is 11.1 Å². The minimum absolute atomic E-state index is 0.187. The predicted octanol–water partition coefficient (Wildman–Crippen LogP) is 1.84. The Balaban J connectivity index is 1.90. The van der Waals surface area contributed by atoms with Gasteiger partial charge >= 0.3 is 12.0 Å². The van der Waals surface area contributed by atoms with Crippen molar-refractivity contribution in [2.24, 2.45) is 17.6 Å². The van der Waals surface area contributed by atoms with E-state index in [0.717, 1.165) is 6.42 Å². The lowest BCUT2D eigenvalue weighted by atomic mass is 9.92. The third kappa shape index (κ3) is 4.97. The Hall–Kier alpha value is -2.57. The van der Waals surface area contributed by atoms with Crippen molar-refractivity contribution >= 4 is 23.6 Å². The van der Waals surface area contributed by atoms with E-state index in [-0.39, 0.29) is 18.1 Å². The average molecular weight is 333 g/mol. The van der Waals surface area contributed by atoms with Crippen LogP contribution in [-0.2, 0) is 9.53 Å². The number of likely N-dealkylation sites (tertiary alicyclic amines) is 1. The van der Waals surface area contributed by atoms with Crippen LogP contribution in [0.4, 0.5) is 10.5 Å². The molecule has 0 aliphatic carbocycles. The van der Waals surface area contributed by atoms with Crippen LogP contribution in [-0.4, -0.2) is 42.5 Å². The molecule has 7 heteroatoms. The summed E-state index contributed by atoms with van der Waals surface area (Å²) >= 11 is 0. The van der Waals surface area contributed by atoms with Crippen LogP contribution >= 0.6 is 0 Å². The van der Waals surface area contributed by atoms with Gasteiger partial charge in [-0.05, 0) is 36.5 Å². The second kappa shape index (κ2) is 7.81. The number of nitrogens with two attached hydrogens (primary N) is 1. The highest BCUT2D eigenvalue weighted by atomic mass is 16.5. The van der Waals surface area contributed by atoms with Crippen molar-refractivity contribution in [1.29, 1.82) is 0 Å². The summed E-state index contributed by atoms with van der Waals surface area (Å²) in [5.74, 6) is 0.0951. The van der Waals surface area contributed by atoms with Crippen molar-refractivity contribution in [2.75, 3.05) is 25.0 Å². The molecule has 7 nitrogen and oxygen atoms in total. The topological polar surface area (TPSA) is 102 Å². The Kier molecular flexibility index (Phi) is 5.78. The molecule has 0 spiro atoms. The molecule has 130 valence electrons. The van der Waals surface area contributed by atoms with Crippen molar-refractivity contribution in [3.8, 4) is 0 Å². The van der Waals surface area contributed by atoms with Crippen LogP contribution in [0.2, 0.25) is 0 Å². The number of benzene rings is 1. The first kappa shape index (κ1) is 17.8. The van der Waals surface area contributed by atoms with E-state index in [1.165, 1.54) is 6.07 Å². The summed E-state index contributed by atoms with van der Waals surface area (Å²) in [7, 11) is 0. The number of carbonyl (C=O) groups is 3. The average Bonchev–Trinajstić information content (AvgIpc) is 2.51. The Morgan fingerprint density at radius 2 is 1.92 bits per heavy atom. The Morgan fingerprint density at radius 3 is 2.54 bits per heavy atom. The molecule has 0 aromatic heterocycles. The molecule has 2 rings (SSSR count). The molecule has 24 heavy (non-hydrogen) atoms. The van der Waals surface area contributed by atoms with Crippen LogP contribution in [0, 0.1) is 11.8 Å². The molecule has 0 unspecified atom stereocenters. The lowest BCUT2D eigenvalue weighted by molar-refractivity contribution is -0.137. The zero-order valence-electron chi connectivity index (χ0n) is 14.0. The standard InChI is InChI=1S/C17H23N3O4/c1-11-6-12(2)9-20(8-11)15(21)10-24-16(22)13-4-3-5-14(7-13)19-17(18)23/h3-5,7,11-12H,6,8-10H2,1-2H3,(H3,18,19,23)/t11-,12+. The molecule has 1 heterocycles. The largest absolute Gasteiger partial charge is 0.452 e. The highest BCUT2D eigenvalue weighted by Gasteiger charge is 2.26. The molecule has 1 aliphatic heterocycles. The maximum atomic E-state index is 12.2. The van der Waals surface area contributed by atoms with E-state index < -0.39 is 12.0 Å². The molecule has 0 bridgehead atoms. The summed E-state index contributed by atoms with van der Waals surface area (Å²) < 4.78 is 5.10. The molecule has 1 saturated heterocycles. The van der Waals surface area contributed by atoms with Gasteiger partial charge in [-0.15, -0.1) is 0 Å². The number of carbonyl (C=O) groups excluding carboxylic acids is 3. The maximum Gasteiger partial charge on any atom is 0.338 e. The molecule has 0 saturated carbocycles. The van der Waals surface area contributed by atoms with Crippen LogP contribution in [0.15, 0.2) is 24.3 Å². The van der Waals surface area contributed by atoms with Gasteiger partial charge in [0.05, 0.1) is 5.56 Å². The van der Waals surface area contributed by atoms with E-state index in [2.05, 4.69) is 19.2 Å². The van der Waals surface area contributed by atoms with E-state index in [0.29, 0.717) is 30.6 Å². The fourth-order valence-corrected chi connectivity index (χ4v) is 3.03. The number of nitrogens with one attached hydrogen (secondary N) is 1. The van der Waals surface area contributed by atoms with Crippen LogP contribution in [0.1, 0.15) is 30.6 Å². The number of esters is 1. The first-order valence-corrected chi connectivity index (χ1v) is 7.96. The van der Waals surface area contributed by atoms with Crippen LogP contribution in [0.3, 0.4) is 0 Å². The van der Waals surface area contributed by atoms with Crippen LogP contribution in [0.5, 0.6) is 0 Å². The normalized spacial score (nSPS) is 20.3. The highest BCUT2D eigenvalue weighted by molar-refractivity contribution is 5.94. The highest BCUT2D eigenvalue weighted by Crippen LogP contribution is 2.21. The smallest absolute Gasteiger partial charge is 0.338 e. The van der Waals surface area contributed by atoms with E-state index in [9.17, 15) is 14.4 Å². The first-order chi connectivity index (χ1) is 11.3. The van der Waals surface area contributed by atoms with Gasteiger partial charge in [0.2, 0.25) is 0 Å². The second-order valence-electron chi connectivity index (χ2n) is 6.39.